The second-order valence-electron chi connectivity index (χ2n) is 7.25. The fourth-order valence-electron chi connectivity index (χ4n) is 2.84. The lowest BCUT2D eigenvalue weighted by Crippen LogP contribution is -2.43. The quantitative estimate of drug-likeness (QED) is 0.609. The number of benzene rings is 2. The molecule has 2 aromatic carbocycles. The highest BCUT2D eigenvalue weighted by Gasteiger charge is 2.18. The average molecular weight is 427 g/mol. The van der Waals surface area contributed by atoms with Gasteiger partial charge in [-0.25, -0.2) is 0 Å². The number of methoxy groups -OCH3 is 1. The number of amides is 3. The number of nitrogens with one attached hydrogen (secondary N) is 2. The Labute approximate surface area is 183 Å². The topological polar surface area (TPSA) is 91.0 Å². The fourth-order valence-corrected chi connectivity index (χ4v) is 2.84. The van der Waals surface area contributed by atoms with Crippen molar-refractivity contribution >= 4 is 29.1 Å². The van der Waals surface area contributed by atoms with Gasteiger partial charge in [0.1, 0.15) is 5.75 Å². The molecule has 0 heterocycles. The Morgan fingerprint density at radius 2 is 1.55 bits per heavy atom. The van der Waals surface area contributed by atoms with Crippen LogP contribution in [0.2, 0.25) is 0 Å². The number of ether oxygens (including phenoxy) is 1. The lowest BCUT2D eigenvalue weighted by molar-refractivity contribution is -0.134. The summed E-state index contributed by atoms with van der Waals surface area (Å²) >= 11 is 0. The van der Waals surface area contributed by atoms with Gasteiger partial charge in [-0.1, -0.05) is 30.7 Å². The standard InChI is InChI=1S/C23H30N4O4/c1-5-27(15-22(29)25-19-7-6-8-20(13-19)31-4)16-23(30)26(3)14-21(28)24-18-11-9-17(2)10-12-18/h6-13H,5,14-16H2,1-4H3,(H,24,28)(H,25,29). The van der Waals surface area contributed by atoms with Crippen LogP contribution in [0, 0.1) is 6.92 Å². The summed E-state index contributed by atoms with van der Waals surface area (Å²) in [6.07, 6.45) is 0. The van der Waals surface area contributed by atoms with Gasteiger partial charge in [0.15, 0.2) is 0 Å². The molecule has 0 aliphatic heterocycles. The van der Waals surface area contributed by atoms with Crippen molar-refractivity contribution in [3.63, 3.8) is 0 Å². The molecule has 166 valence electrons. The van der Waals surface area contributed by atoms with Crippen LogP contribution in [0.15, 0.2) is 48.5 Å². The molecule has 8 nitrogen and oxygen atoms in total. The Morgan fingerprint density at radius 3 is 2.19 bits per heavy atom. The van der Waals surface area contributed by atoms with Gasteiger partial charge >= 0.3 is 0 Å². The summed E-state index contributed by atoms with van der Waals surface area (Å²) in [7, 11) is 3.13. The molecule has 0 saturated heterocycles. The lowest BCUT2D eigenvalue weighted by Gasteiger charge is -2.23. The zero-order valence-electron chi connectivity index (χ0n) is 18.5. The molecule has 0 aromatic heterocycles. The van der Waals surface area contributed by atoms with Gasteiger partial charge in [0.2, 0.25) is 17.7 Å². The fraction of sp³-hybridized carbons (Fsp3) is 0.348. The second-order valence-corrected chi connectivity index (χ2v) is 7.25. The number of hydrogen-bond donors (Lipinski definition) is 2. The number of nitrogens with zero attached hydrogens (tertiary/aromatic N) is 2. The van der Waals surface area contributed by atoms with Crippen molar-refractivity contribution in [2.24, 2.45) is 0 Å². The van der Waals surface area contributed by atoms with E-state index in [2.05, 4.69) is 10.6 Å². The highest BCUT2D eigenvalue weighted by molar-refractivity contribution is 5.95. The van der Waals surface area contributed by atoms with E-state index >= 15 is 0 Å². The van der Waals surface area contributed by atoms with Gasteiger partial charge < -0.3 is 20.3 Å². The van der Waals surface area contributed by atoms with E-state index in [4.69, 9.17) is 4.74 Å². The summed E-state index contributed by atoms with van der Waals surface area (Å²) in [4.78, 5) is 40.2. The van der Waals surface area contributed by atoms with Gasteiger partial charge in [-0.15, -0.1) is 0 Å². The molecule has 2 aromatic rings. The average Bonchev–Trinajstić information content (AvgIpc) is 2.74. The Balaban J connectivity index is 1.82. The van der Waals surface area contributed by atoms with Crippen LogP contribution in [0.1, 0.15) is 12.5 Å². The number of aryl methyl sites for hydroxylation is 1. The summed E-state index contributed by atoms with van der Waals surface area (Å²) in [5.74, 6) is -0.109. The third-order valence-corrected chi connectivity index (χ3v) is 4.67. The van der Waals surface area contributed by atoms with E-state index in [0.29, 0.717) is 23.7 Å². The third kappa shape index (κ3) is 8.10. The molecule has 0 fully saturated rings. The van der Waals surface area contributed by atoms with Crippen LogP contribution in [0.25, 0.3) is 0 Å². The van der Waals surface area contributed by atoms with Gasteiger partial charge in [-0.2, -0.15) is 0 Å². The number of hydrogen-bond acceptors (Lipinski definition) is 5. The zero-order chi connectivity index (χ0) is 22.8. The van der Waals surface area contributed by atoms with E-state index in [-0.39, 0.29) is 37.4 Å². The first kappa shape index (κ1) is 23.9. The monoisotopic (exact) mass is 426 g/mol. The minimum Gasteiger partial charge on any atom is -0.497 e. The largest absolute Gasteiger partial charge is 0.497 e. The predicted molar refractivity (Wildman–Crippen MR) is 121 cm³/mol. The molecule has 0 unspecified atom stereocenters. The van der Waals surface area contributed by atoms with Gasteiger partial charge in [-0.3, -0.25) is 19.3 Å². The molecule has 0 aliphatic rings. The molecular weight excluding hydrogens is 396 g/mol. The molecule has 0 atom stereocenters. The molecule has 0 aliphatic carbocycles. The molecule has 0 spiro atoms. The smallest absolute Gasteiger partial charge is 0.243 e. The van der Waals surface area contributed by atoms with Gasteiger partial charge in [0.05, 0.1) is 26.7 Å². The predicted octanol–water partition coefficient (Wildman–Crippen LogP) is 2.36. The normalized spacial score (nSPS) is 10.5. The maximum absolute atomic E-state index is 12.5. The number of rotatable bonds is 10. The number of likely N-dealkylation sites (N-methyl/N-ethyl adjacent to an activating group) is 2. The first-order valence-electron chi connectivity index (χ1n) is 10.1. The van der Waals surface area contributed by atoms with Gasteiger partial charge in [-0.05, 0) is 37.7 Å². The van der Waals surface area contributed by atoms with Crippen molar-refractivity contribution in [1.29, 1.82) is 0 Å². The first-order valence-corrected chi connectivity index (χ1v) is 10.1. The minimum atomic E-state index is -0.279. The van der Waals surface area contributed by atoms with Gasteiger partial charge in [0, 0.05) is 24.5 Å². The van der Waals surface area contributed by atoms with Crippen LogP contribution in [0.3, 0.4) is 0 Å². The van der Waals surface area contributed by atoms with Crippen molar-refractivity contribution in [3.8, 4) is 5.75 Å². The number of carbonyl (C=O) groups is 3. The minimum absolute atomic E-state index is 0.0380. The van der Waals surface area contributed by atoms with Crippen LogP contribution in [-0.4, -0.2) is 67.9 Å². The highest BCUT2D eigenvalue weighted by atomic mass is 16.5. The molecule has 8 heteroatoms. The highest BCUT2D eigenvalue weighted by Crippen LogP contribution is 2.16. The number of carbonyl (C=O) groups excluding carboxylic acids is 3. The van der Waals surface area contributed by atoms with Crippen LogP contribution < -0.4 is 15.4 Å². The Bertz CT molecular complexity index is 899. The summed E-state index contributed by atoms with van der Waals surface area (Å²) < 4.78 is 5.15. The maximum atomic E-state index is 12.5. The molecule has 2 rings (SSSR count). The molecule has 0 radical (unpaired) electrons. The second kappa shape index (κ2) is 11.7. The van der Waals surface area contributed by atoms with Crippen molar-refractivity contribution in [2.75, 3.05) is 51.0 Å². The Morgan fingerprint density at radius 1 is 0.903 bits per heavy atom. The van der Waals surface area contributed by atoms with Crippen molar-refractivity contribution < 1.29 is 19.1 Å². The van der Waals surface area contributed by atoms with Crippen LogP contribution in [-0.2, 0) is 14.4 Å². The van der Waals surface area contributed by atoms with Crippen molar-refractivity contribution in [3.05, 3.63) is 54.1 Å². The molecule has 0 bridgehead atoms. The van der Waals surface area contributed by atoms with E-state index in [1.54, 1.807) is 43.3 Å². The first-order chi connectivity index (χ1) is 14.8. The van der Waals surface area contributed by atoms with Crippen molar-refractivity contribution in [1.82, 2.24) is 9.80 Å². The SMILES string of the molecule is CCN(CC(=O)Nc1cccc(OC)c1)CC(=O)N(C)CC(=O)Nc1ccc(C)cc1. The van der Waals surface area contributed by atoms with E-state index in [9.17, 15) is 14.4 Å². The summed E-state index contributed by atoms with van der Waals surface area (Å²) in [5, 5.41) is 5.57. The van der Waals surface area contributed by atoms with E-state index in [0.717, 1.165) is 5.56 Å². The van der Waals surface area contributed by atoms with Crippen molar-refractivity contribution in [2.45, 2.75) is 13.8 Å². The maximum Gasteiger partial charge on any atom is 0.243 e. The van der Waals surface area contributed by atoms with Crippen LogP contribution in [0.4, 0.5) is 11.4 Å². The summed E-state index contributed by atoms with van der Waals surface area (Å²) in [6.45, 7) is 4.38. The van der Waals surface area contributed by atoms with Crippen LogP contribution in [0.5, 0.6) is 5.75 Å². The van der Waals surface area contributed by atoms with E-state index in [1.807, 2.05) is 38.1 Å². The molecule has 2 N–H and O–H groups in total. The Kier molecular flexibility index (Phi) is 9.02. The zero-order valence-corrected chi connectivity index (χ0v) is 18.5. The summed E-state index contributed by atoms with van der Waals surface area (Å²) in [6, 6.07) is 14.5. The van der Waals surface area contributed by atoms with E-state index in [1.165, 1.54) is 4.90 Å². The third-order valence-electron chi connectivity index (χ3n) is 4.67. The lowest BCUT2D eigenvalue weighted by atomic mass is 10.2. The molecular formula is C23H30N4O4. The van der Waals surface area contributed by atoms with E-state index < -0.39 is 0 Å². The number of anilines is 2. The van der Waals surface area contributed by atoms with Gasteiger partial charge in [0.25, 0.3) is 0 Å². The molecule has 3 amide bonds. The summed E-state index contributed by atoms with van der Waals surface area (Å²) in [5.41, 5.74) is 2.40. The Hall–Kier alpha value is -3.39. The van der Waals surface area contributed by atoms with Crippen LogP contribution >= 0.6 is 0 Å². The molecule has 31 heavy (non-hydrogen) atoms. The molecule has 0 saturated carbocycles.